The summed E-state index contributed by atoms with van der Waals surface area (Å²) in [5, 5.41) is 21.3. The first-order valence-electron chi connectivity index (χ1n) is 4.59. The first-order valence-corrected chi connectivity index (χ1v) is 4.59. The molecule has 0 amide bonds. The second kappa shape index (κ2) is 6.33. The summed E-state index contributed by atoms with van der Waals surface area (Å²) in [5.41, 5.74) is -0.197. The van der Waals surface area contributed by atoms with Crippen molar-refractivity contribution < 1.29 is 19.6 Å². The third kappa shape index (κ3) is 4.84. The van der Waals surface area contributed by atoms with E-state index in [1.807, 2.05) is 0 Å². The Kier molecular flexibility index (Phi) is 4.76. The molecule has 17 heavy (non-hydrogen) atoms. The number of nitrogens with zero attached hydrogens (tertiary/aromatic N) is 3. The van der Waals surface area contributed by atoms with Gasteiger partial charge in [-0.1, -0.05) is 0 Å². The van der Waals surface area contributed by atoms with Crippen LogP contribution in [0.25, 0.3) is 0 Å². The highest BCUT2D eigenvalue weighted by Crippen LogP contribution is 2.07. The minimum absolute atomic E-state index is 0.173. The summed E-state index contributed by atoms with van der Waals surface area (Å²) in [4.78, 5) is 27.2. The Morgan fingerprint density at radius 3 is 2.71 bits per heavy atom. The van der Waals surface area contributed by atoms with Gasteiger partial charge in [0.15, 0.2) is 0 Å². The number of hydrogen-bond acceptors (Lipinski definition) is 7. The maximum atomic E-state index is 10.3. The fourth-order valence-electron chi connectivity index (χ4n) is 0.901. The first-order chi connectivity index (χ1) is 8.09. The van der Waals surface area contributed by atoms with Crippen LogP contribution >= 0.6 is 0 Å². The summed E-state index contributed by atoms with van der Waals surface area (Å²) >= 11 is 0. The highest BCUT2D eigenvalue weighted by Gasteiger charge is 2.05. The lowest BCUT2D eigenvalue weighted by Gasteiger charge is -2.03. The van der Waals surface area contributed by atoms with Gasteiger partial charge in [-0.25, -0.2) is 14.8 Å². The molecule has 9 heteroatoms. The number of ether oxygens (including phenoxy) is 1. The summed E-state index contributed by atoms with van der Waals surface area (Å²) < 4.78 is 4.75. The molecule has 92 valence electrons. The molecular weight excluding hydrogens is 232 g/mol. The summed E-state index contributed by atoms with van der Waals surface area (Å²) in [6.07, 6.45) is 2.15. The zero-order valence-electron chi connectivity index (χ0n) is 8.70. The van der Waals surface area contributed by atoms with Crippen molar-refractivity contribution in [3.8, 4) is 0 Å². The maximum absolute atomic E-state index is 10.3. The quantitative estimate of drug-likeness (QED) is 0.385. The lowest BCUT2D eigenvalue weighted by molar-refractivity contribution is -0.385. The number of rotatable bonds is 7. The number of carbonyl (C=O) groups is 1. The largest absolute Gasteiger partial charge is 0.480 e. The summed E-state index contributed by atoms with van der Waals surface area (Å²) in [7, 11) is 0. The Morgan fingerprint density at radius 1 is 1.53 bits per heavy atom. The van der Waals surface area contributed by atoms with Gasteiger partial charge in [-0.15, -0.1) is 0 Å². The third-order valence-electron chi connectivity index (χ3n) is 1.60. The van der Waals surface area contributed by atoms with Crippen molar-refractivity contribution in [3.05, 3.63) is 22.5 Å². The molecule has 0 aliphatic rings. The van der Waals surface area contributed by atoms with Crippen molar-refractivity contribution in [1.82, 2.24) is 9.97 Å². The average Bonchev–Trinajstić information content (AvgIpc) is 2.29. The van der Waals surface area contributed by atoms with Gasteiger partial charge in [0.05, 0.1) is 11.5 Å². The van der Waals surface area contributed by atoms with Crippen LogP contribution in [-0.2, 0) is 9.53 Å². The molecule has 0 spiro atoms. The Morgan fingerprint density at radius 2 is 2.18 bits per heavy atom. The van der Waals surface area contributed by atoms with E-state index in [0.29, 0.717) is 6.54 Å². The van der Waals surface area contributed by atoms with Crippen LogP contribution in [0.3, 0.4) is 0 Å². The second-order valence-corrected chi connectivity index (χ2v) is 2.90. The molecule has 0 unspecified atom stereocenters. The zero-order valence-corrected chi connectivity index (χ0v) is 8.70. The third-order valence-corrected chi connectivity index (χ3v) is 1.60. The molecule has 1 aromatic heterocycles. The Bertz CT molecular complexity index is 393. The molecule has 0 saturated heterocycles. The Balaban J connectivity index is 2.27. The van der Waals surface area contributed by atoms with E-state index in [4.69, 9.17) is 9.84 Å². The fraction of sp³-hybridized carbons (Fsp3) is 0.375. The molecular formula is C8H10N4O5. The van der Waals surface area contributed by atoms with Gasteiger partial charge < -0.3 is 15.2 Å². The average molecular weight is 242 g/mol. The monoisotopic (exact) mass is 242 g/mol. The lowest BCUT2D eigenvalue weighted by atomic mass is 10.5. The highest BCUT2D eigenvalue weighted by atomic mass is 16.6. The van der Waals surface area contributed by atoms with E-state index >= 15 is 0 Å². The molecule has 0 aliphatic heterocycles. The molecule has 1 aromatic rings. The fourth-order valence-corrected chi connectivity index (χ4v) is 0.901. The maximum Gasteiger partial charge on any atom is 0.329 e. The van der Waals surface area contributed by atoms with E-state index < -0.39 is 10.9 Å². The van der Waals surface area contributed by atoms with Crippen LogP contribution in [0.5, 0.6) is 0 Å². The van der Waals surface area contributed by atoms with E-state index in [2.05, 4.69) is 15.3 Å². The van der Waals surface area contributed by atoms with Gasteiger partial charge in [-0.05, 0) is 0 Å². The van der Waals surface area contributed by atoms with Gasteiger partial charge in [0, 0.05) is 6.54 Å². The molecule has 0 aliphatic carbocycles. The van der Waals surface area contributed by atoms with Gasteiger partial charge >= 0.3 is 11.7 Å². The van der Waals surface area contributed by atoms with Crippen LogP contribution in [0, 0.1) is 10.1 Å². The molecule has 0 saturated carbocycles. The van der Waals surface area contributed by atoms with Crippen LogP contribution in [0.2, 0.25) is 0 Å². The Hall–Kier alpha value is -2.29. The zero-order chi connectivity index (χ0) is 12.7. The van der Waals surface area contributed by atoms with Crippen molar-refractivity contribution in [3.63, 3.8) is 0 Å². The molecule has 0 aromatic carbocycles. The SMILES string of the molecule is O=C(O)COCCNc1ncc([N+](=O)[O-])cn1. The number of nitro groups is 1. The second-order valence-electron chi connectivity index (χ2n) is 2.90. The van der Waals surface area contributed by atoms with Crippen LogP contribution < -0.4 is 5.32 Å². The van der Waals surface area contributed by atoms with Crippen LogP contribution in [0.15, 0.2) is 12.4 Å². The predicted octanol–water partition coefficient (Wildman–Crippen LogP) is -0.102. The van der Waals surface area contributed by atoms with Crippen molar-refractivity contribution in [1.29, 1.82) is 0 Å². The standard InChI is InChI=1S/C8H10N4O5/c13-7(14)5-17-2-1-9-8-10-3-6(4-11-8)12(15)16/h3-4H,1-2,5H2,(H,13,14)(H,9,10,11). The van der Waals surface area contributed by atoms with Gasteiger partial charge in [0.2, 0.25) is 5.95 Å². The summed E-state index contributed by atoms with van der Waals surface area (Å²) in [5.74, 6) is -0.828. The molecule has 0 bridgehead atoms. The molecule has 0 fully saturated rings. The number of anilines is 1. The molecule has 0 atom stereocenters. The van der Waals surface area contributed by atoms with Gasteiger partial charge in [-0.3, -0.25) is 10.1 Å². The van der Waals surface area contributed by atoms with E-state index in [1.54, 1.807) is 0 Å². The first kappa shape index (κ1) is 12.8. The number of nitrogens with one attached hydrogen (secondary N) is 1. The predicted molar refractivity (Wildman–Crippen MR) is 55.6 cm³/mol. The van der Waals surface area contributed by atoms with E-state index in [1.165, 1.54) is 0 Å². The highest BCUT2D eigenvalue weighted by molar-refractivity contribution is 5.67. The van der Waals surface area contributed by atoms with Crippen LogP contribution in [0.1, 0.15) is 0 Å². The lowest BCUT2D eigenvalue weighted by Crippen LogP contribution is -2.15. The van der Waals surface area contributed by atoms with Crippen LogP contribution in [-0.4, -0.2) is 45.7 Å². The van der Waals surface area contributed by atoms with E-state index in [0.717, 1.165) is 12.4 Å². The molecule has 2 N–H and O–H groups in total. The number of aliphatic carboxylic acids is 1. The topological polar surface area (TPSA) is 127 Å². The number of carboxylic acid groups (broad SMARTS) is 1. The van der Waals surface area contributed by atoms with Crippen molar-refractivity contribution in [2.45, 2.75) is 0 Å². The molecule has 1 heterocycles. The van der Waals surface area contributed by atoms with E-state index in [9.17, 15) is 14.9 Å². The van der Waals surface area contributed by atoms with Crippen molar-refractivity contribution in [2.75, 3.05) is 25.1 Å². The molecule has 9 nitrogen and oxygen atoms in total. The Labute approximate surface area is 95.6 Å². The number of hydrogen-bond donors (Lipinski definition) is 2. The molecule has 0 radical (unpaired) electrons. The minimum atomic E-state index is -1.04. The summed E-state index contributed by atoms with van der Waals surface area (Å²) in [6, 6.07) is 0. The van der Waals surface area contributed by atoms with Crippen LogP contribution in [0.4, 0.5) is 11.6 Å². The van der Waals surface area contributed by atoms with Gasteiger partial charge in [0.25, 0.3) is 0 Å². The van der Waals surface area contributed by atoms with Crippen molar-refractivity contribution >= 4 is 17.6 Å². The van der Waals surface area contributed by atoms with Gasteiger partial charge in [-0.2, -0.15) is 0 Å². The van der Waals surface area contributed by atoms with E-state index in [-0.39, 0.29) is 24.8 Å². The normalized spacial score (nSPS) is 9.88. The number of carboxylic acids is 1. The van der Waals surface area contributed by atoms with Crippen molar-refractivity contribution in [2.24, 2.45) is 0 Å². The summed E-state index contributed by atoms with van der Waals surface area (Å²) in [6.45, 7) is 0.112. The smallest absolute Gasteiger partial charge is 0.329 e. The number of aromatic nitrogens is 2. The van der Waals surface area contributed by atoms with Gasteiger partial charge in [0.1, 0.15) is 19.0 Å². The minimum Gasteiger partial charge on any atom is -0.480 e. The molecule has 1 rings (SSSR count).